The quantitative estimate of drug-likeness (QED) is 0.140. The Bertz CT molecular complexity index is 2360. The molecule has 0 bridgehead atoms. The maximum atomic E-state index is 4.49. The summed E-state index contributed by atoms with van der Waals surface area (Å²) in [7, 11) is 0. The molecule has 0 spiro atoms. The summed E-state index contributed by atoms with van der Waals surface area (Å²) in [5.74, 6) is 0. The number of rotatable bonds is 10. The van der Waals surface area contributed by atoms with E-state index in [1.165, 1.54) is 41.8 Å². The van der Waals surface area contributed by atoms with Crippen LogP contribution in [-0.2, 0) is 0 Å². The smallest absolute Gasteiger partial charge is 0.102 e. The zero-order valence-electron chi connectivity index (χ0n) is 28.5. The summed E-state index contributed by atoms with van der Waals surface area (Å²) >= 11 is 5.36. The van der Waals surface area contributed by atoms with Crippen molar-refractivity contribution in [1.82, 2.24) is 9.97 Å². The minimum Gasteiger partial charge on any atom is -0.300 e. The average molecular weight is 737 g/mol. The van der Waals surface area contributed by atoms with Crippen LogP contribution in [0.1, 0.15) is 0 Å². The van der Waals surface area contributed by atoms with Crippen molar-refractivity contribution in [3.05, 3.63) is 195 Å². The summed E-state index contributed by atoms with van der Waals surface area (Å²) in [5.41, 5.74) is 9.02. The van der Waals surface area contributed by atoms with Crippen LogP contribution in [0.25, 0.3) is 41.8 Å². The number of hydrogen-bond donors (Lipinski definition) is 0. The molecule has 9 rings (SSSR count). The fourth-order valence-electron chi connectivity index (χ4n) is 6.39. The lowest BCUT2D eigenvalue weighted by atomic mass is 10.1. The molecule has 0 N–H and O–H groups in total. The van der Waals surface area contributed by atoms with Crippen molar-refractivity contribution in [2.24, 2.45) is 0 Å². The van der Waals surface area contributed by atoms with Gasteiger partial charge in [0.05, 0.1) is 23.8 Å². The van der Waals surface area contributed by atoms with Crippen molar-refractivity contribution in [1.29, 1.82) is 0 Å². The molecule has 5 aromatic heterocycles. The zero-order chi connectivity index (χ0) is 35.4. The highest BCUT2D eigenvalue weighted by atomic mass is 32.1. The second kappa shape index (κ2) is 14.9. The number of pyridine rings is 2. The van der Waals surface area contributed by atoms with Gasteiger partial charge in [0.2, 0.25) is 0 Å². The molecule has 0 unspecified atom stereocenters. The summed E-state index contributed by atoms with van der Waals surface area (Å²) in [6, 6.07) is 60.2. The molecule has 4 nitrogen and oxygen atoms in total. The van der Waals surface area contributed by atoms with Gasteiger partial charge in [-0.1, -0.05) is 96.3 Å². The summed E-state index contributed by atoms with van der Waals surface area (Å²) in [5, 5.41) is 2.17. The van der Waals surface area contributed by atoms with Crippen LogP contribution in [0.2, 0.25) is 0 Å². The second-order valence-corrected chi connectivity index (χ2v) is 15.6. The Morgan fingerprint density at radius 3 is 1.04 bits per heavy atom. The van der Waals surface area contributed by atoms with Crippen LogP contribution >= 0.6 is 34.0 Å². The molecule has 0 aliphatic rings. The van der Waals surface area contributed by atoms with E-state index in [0.717, 1.165) is 32.8 Å². The molecular weight excluding hydrogens is 705 g/mol. The fourth-order valence-corrected chi connectivity index (χ4v) is 9.51. The third kappa shape index (κ3) is 6.93. The average Bonchev–Trinajstić information content (AvgIpc) is 4.03. The van der Waals surface area contributed by atoms with Crippen molar-refractivity contribution < 1.29 is 0 Å². The van der Waals surface area contributed by atoms with E-state index in [9.17, 15) is 0 Å². The summed E-state index contributed by atoms with van der Waals surface area (Å²) in [6.45, 7) is 0. The van der Waals surface area contributed by atoms with E-state index >= 15 is 0 Å². The number of nitrogens with zero attached hydrogens (tertiary/aromatic N) is 4. The Morgan fingerprint density at radius 1 is 0.302 bits per heavy atom. The minimum absolute atomic E-state index is 0.999. The largest absolute Gasteiger partial charge is 0.300 e. The molecule has 7 heteroatoms. The van der Waals surface area contributed by atoms with Gasteiger partial charge in [-0.3, -0.25) is 9.97 Å². The van der Waals surface area contributed by atoms with E-state index in [4.69, 9.17) is 0 Å². The maximum absolute atomic E-state index is 4.49. The molecule has 0 aliphatic heterocycles. The second-order valence-electron chi connectivity index (χ2n) is 12.4. The highest BCUT2D eigenvalue weighted by Crippen LogP contribution is 2.46. The number of anilines is 6. The van der Waals surface area contributed by atoms with Crippen molar-refractivity contribution in [3.63, 3.8) is 0 Å². The maximum Gasteiger partial charge on any atom is 0.102 e. The molecule has 0 amide bonds. The Balaban J connectivity index is 1.03. The van der Waals surface area contributed by atoms with Gasteiger partial charge in [-0.15, -0.1) is 22.7 Å². The number of aromatic nitrogens is 2. The van der Waals surface area contributed by atoms with Gasteiger partial charge < -0.3 is 9.80 Å². The molecular formula is C46H32N4S3. The third-order valence-electron chi connectivity index (χ3n) is 8.98. The highest BCUT2D eigenvalue weighted by Gasteiger charge is 2.20. The van der Waals surface area contributed by atoms with Gasteiger partial charge in [-0.05, 0) is 107 Å². The van der Waals surface area contributed by atoms with Crippen LogP contribution in [0.3, 0.4) is 0 Å². The van der Waals surface area contributed by atoms with E-state index < -0.39 is 0 Å². The number of thiophene rings is 3. The molecule has 53 heavy (non-hydrogen) atoms. The van der Waals surface area contributed by atoms with Gasteiger partial charge >= 0.3 is 0 Å². The number of benzene rings is 4. The molecule has 9 aromatic rings. The Morgan fingerprint density at radius 2 is 0.679 bits per heavy atom. The van der Waals surface area contributed by atoms with Crippen molar-refractivity contribution in [3.8, 4) is 41.8 Å². The molecule has 5 heterocycles. The summed E-state index contributed by atoms with van der Waals surface area (Å²) < 4.78 is 0. The predicted molar refractivity (Wildman–Crippen MR) is 227 cm³/mol. The van der Waals surface area contributed by atoms with Crippen LogP contribution in [-0.4, -0.2) is 9.97 Å². The molecule has 4 aromatic carbocycles. The van der Waals surface area contributed by atoms with Crippen LogP contribution in [0, 0.1) is 0 Å². The zero-order valence-corrected chi connectivity index (χ0v) is 30.9. The van der Waals surface area contributed by atoms with E-state index in [-0.39, 0.29) is 0 Å². The van der Waals surface area contributed by atoms with Crippen LogP contribution in [0.15, 0.2) is 195 Å². The van der Waals surface area contributed by atoms with Gasteiger partial charge in [0.15, 0.2) is 0 Å². The SMILES string of the molecule is c1ccc(-c2ccc(-c3ccc(N(c4cccnc4)c4ccc(N(c5ccc(-c6ccc(-c7ccccc7)s6)cc5)c5cccnc5)s4)cc3)s2)cc1. The first-order chi connectivity index (χ1) is 26.3. The molecule has 0 aliphatic carbocycles. The predicted octanol–water partition coefficient (Wildman–Crippen LogP) is 14.3. The Kier molecular flexibility index (Phi) is 9.18. The lowest BCUT2D eigenvalue weighted by Crippen LogP contribution is -2.09. The highest BCUT2D eigenvalue weighted by molar-refractivity contribution is 7.20. The topological polar surface area (TPSA) is 32.3 Å². The summed E-state index contributed by atoms with van der Waals surface area (Å²) in [4.78, 5) is 18.6. The monoisotopic (exact) mass is 736 g/mol. The van der Waals surface area contributed by atoms with Gasteiger partial charge in [0.1, 0.15) is 10.0 Å². The molecule has 0 atom stereocenters. The number of hydrogen-bond acceptors (Lipinski definition) is 7. The first kappa shape index (κ1) is 32.8. The minimum atomic E-state index is 0.999. The molecule has 0 saturated carbocycles. The van der Waals surface area contributed by atoms with Gasteiger partial charge in [0.25, 0.3) is 0 Å². The molecule has 0 radical (unpaired) electrons. The van der Waals surface area contributed by atoms with Gasteiger partial charge in [-0.2, -0.15) is 0 Å². The molecule has 0 fully saturated rings. The van der Waals surface area contributed by atoms with E-state index in [1.54, 1.807) is 11.3 Å². The first-order valence-corrected chi connectivity index (χ1v) is 19.7. The lowest BCUT2D eigenvalue weighted by Gasteiger charge is -2.25. The van der Waals surface area contributed by atoms with Crippen LogP contribution in [0.4, 0.5) is 32.8 Å². The summed E-state index contributed by atoms with van der Waals surface area (Å²) in [6.07, 6.45) is 7.48. The fraction of sp³-hybridized carbons (Fsp3) is 0. The Labute approximate surface area is 321 Å². The van der Waals surface area contributed by atoms with Crippen LogP contribution in [0.5, 0.6) is 0 Å². The van der Waals surface area contributed by atoms with Crippen molar-refractivity contribution in [2.75, 3.05) is 9.80 Å². The van der Waals surface area contributed by atoms with Crippen molar-refractivity contribution in [2.45, 2.75) is 0 Å². The van der Waals surface area contributed by atoms with E-state index in [1.807, 2.05) is 59.6 Å². The third-order valence-corrected chi connectivity index (χ3v) is 12.4. The molecule has 254 valence electrons. The van der Waals surface area contributed by atoms with Gasteiger partial charge in [-0.25, -0.2) is 0 Å². The van der Waals surface area contributed by atoms with Crippen LogP contribution < -0.4 is 9.80 Å². The Hall–Kier alpha value is -6.12. The standard InChI is InChI=1S/C46H32N4S3/c1-3-9-33(10-4-1)41-23-25-43(51-41)35-15-19-37(20-16-35)49(39-13-7-29-47-31-39)45-27-28-46(53-45)50(40-14-8-30-48-32-40)38-21-17-36(18-22-38)44-26-24-42(52-44)34-11-5-2-6-12-34/h1-32H. The van der Waals surface area contributed by atoms with Gasteiger partial charge in [0, 0.05) is 43.3 Å². The first-order valence-electron chi connectivity index (χ1n) is 17.3. The van der Waals surface area contributed by atoms with E-state index in [2.05, 4.69) is 177 Å². The molecule has 0 saturated heterocycles. The lowest BCUT2D eigenvalue weighted by molar-refractivity contribution is 1.24. The normalized spacial score (nSPS) is 11.0. The van der Waals surface area contributed by atoms with Crippen molar-refractivity contribution >= 4 is 66.8 Å². The van der Waals surface area contributed by atoms with E-state index in [0.29, 0.717) is 0 Å².